The Morgan fingerprint density at radius 3 is 3.00 bits per heavy atom. The maximum Gasteiger partial charge on any atom is 0.236 e. The van der Waals surface area contributed by atoms with Gasteiger partial charge in [0, 0.05) is 12.6 Å². The van der Waals surface area contributed by atoms with Crippen LogP contribution >= 0.6 is 0 Å². The summed E-state index contributed by atoms with van der Waals surface area (Å²) >= 11 is 0. The summed E-state index contributed by atoms with van der Waals surface area (Å²) in [5.41, 5.74) is 2.57. The van der Waals surface area contributed by atoms with Crippen molar-refractivity contribution in [3.05, 3.63) is 29.5 Å². The maximum absolute atomic E-state index is 5.38. The number of hydrogen-bond acceptors (Lipinski definition) is 4. The normalized spacial score (nSPS) is 15.1. The van der Waals surface area contributed by atoms with E-state index in [0.29, 0.717) is 18.3 Å². The summed E-state index contributed by atoms with van der Waals surface area (Å²) < 4.78 is 7.50. The Hall–Kier alpha value is -1.65. The Bertz CT molecular complexity index is 500. The standard InChI is InChI=1S/C11H14N4O/c1-8-13-14-11(16-8)6-15-7-12-9-4-2-3-5-10(9)15/h7H,2-6H2,1H3. The molecule has 0 saturated carbocycles. The van der Waals surface area contributed by atoms with E-state index in [0.717, 1.165) is 12.8 Å². The predicted octanol–water partition coefficient (Wildman–Crippen LogP) is 1.50. The molecule has 2 aromatic heterocycles. The van der Waals surface area contributed by atoms with E-state index < -0.39 is 0 Å². The zero-order chi connectivity index (χ0) is 11.0. The fourth-order valence-corrected chi connectivity index (χ4v) is 2.21. The molecule has 84 valence electrons. The Kier molecular flexibility index (Phi) is 2.23. The lowest BCUT2D eigenvalue weighted by Crippen LogP contribution is -2.09. The summed E-state index contributed by atoms with van der Waals surface area (Å²) in [6.45, 7) is 2.45. The van der Waals surface area contributed by atoms with Crippen LogP contribution in [0.15, 0.2) is 10.7 Å². The van der Waals surface area contributed by atoms with Crippen molar-refractivity contribution in [3.63, 3.8) is 0 Å². The van der Waals surface area contributed by atoms with Gasteiger partial charge in [0.2, 0.25) is 11.8 Å². The SMILES string of the molecule is Cc1nnc(Cn2cnc3c2CCCC3)o1. The number of imidazole rings is 1. The highest BCUT2D eigenvalue weighted by atomic mass is 16.4. The highest BCUT2D eigenvalue weighted by molar-refractivity contribution is 5.16. The zero-order valence-corrected chi connectivity index (χ0v) is 9.31. The summed E-state index contributed by atoms with van der Waals surface area (Å²) in [7, 11) is 0. The molecule has 16 heavy (non-hydrogen) atoms. The summed E-state index contributed by atoms with van der Waals surface area (Å²) in [5.74, 6) is 1.27. The molecule has 0 radical (unpaired) electrons. The van der Waals surface area contributed by atoms with Crippen LogP contribution in [0.25, 0.3) is 0 Å². The predicted molar refractivity (Wildman–Crippen MR) is 57.0 cm³/mol. The number of hydrogen-bond donors (Lipinski definition) is 0. The fourth-order valence-electron chi connectivity index (χ4n) is 2.21. The van der Waals surface area contributed by atoms with Crippen molar-refractivity contribution in [2.45, 2.75) is 39.2 Å². The topological polar surface area (TPSA) is 56.7 Å². The second-order valence-electron chi connectivity index (χ2n) is 4.19. The van der Waals surface area contributed by atoms with Gasteiger partial charge in [0.1, 0.15) is 6.54 Å². The molecule has 2 heterocycles. The second-order valence-corrected chi connectivity index (χ2v) is 4.19. The summed E-state index contributed by atoms with van der Waals surface area (Å²) in [6.07, 6.45) is 6.61. The third kappa shape index (κ3) is 1.62. The summed E-state index contributed by atoms with van der Waals surface area (Å²) in [5, 5.41) is 7.83. The first-order valence-electron chi connectivity index (χ1n) is 5.65. The minimum absolute atomic E-state index is 0.615. The summed E-state index contributed by atoms with van der Waals surface area (Å²) in [4.78, 5) is 4.43. The first-order valence-corrected chi connectivity index (χ1v) is 5.65. The largest absolute Gasteiger partial charge is 0.424 e. The molecule has 0 spiro atoms. The lowest BCUT2D eigenvalue weighted by Gasteiger charge is -2.12. The van der Waals surface area contributed by atoms with Crippen LogP contribution in [-0.2, 0) is 19.4 Å². The van der Waals surface area contributed by atoms with Gasteiger partial charge in [-0.3, -0.25) is 0 Å². The van der Waals surface area contributed by atoms with E-state index in [9.17, 15) is 0 Å². The molecule has 0 aliphatic heterocycles. The van der Waals surface area contributed by atoms with Crippen LogP contribution in [0.1, 0.15) is 36.0 Å². The molecule has 5 nitrogen and oxygen atoms in total. The quantitative estimate of drug-likeness (QED) is 0.766. The smallest absolute Gasteiger partial charge is 0.236 e. The number of fused-ring (bicyclic) bond motifs is 1. The van der Waals surface area contributed by atoms with Gasteiger partial charge < -0.3 is 8.98 Å². The molecule has 1 aliphatic carbocycles. The molecular formula is C11H14N4O. The van der Waals surface area contributed by atoms with E-state index in [-0.39, 0.29) is 0 Å². The molecule has 0 saturated heterocycles. The van der Waals surface area contributed by atoms with Gasteiger partial charge in [-0.05, 0) is 25.7 Å². The average molecular weight is 218 g/mol. The van der Waals surface area contributed by atoms with Crippen LogP contribution in [-0.4, -0.2) is 19.7 Å². The van der Waals surface area contributed by atoms with Crippen molar-refractivity contribution in [1.29, 1.82) is 0 Å². The molecule has 0 fully saturated rings. The van der Waals surface area contributed by atoms with E-state index >= 15 is 0 Å². The third-order valence-corrected chi connectivity index (χ3v) is 2.98. The van der Waals surface area contributed by atoms with Gasteiger partial charge in [0.15, 0.2) is 0 Å². The highest BCUT2D eigenvalue weighted by Crippen LogP contribution is 2.20. The molecular weight excluding hydrogens is 204 g/mol. The molecule has 0 N–H and O–H groups in total. The molecule has 0 bridgehead atoms. The van der Waals surface area contributed by atoms with Crippen molar-refractivity contribution in [1.82, 2.24) is 19.7 Å². The number of aryl methyl sites for hydroxylation is 2. The van der Waals surface area contributed by atoms with Gasteiger partial charge in [0.05, 0.1) is 12.0 Å². The van der Waals surface area contributed by atoms with Gasteiger partial charge in [-0.15, -0.1) is 10.2 Å². The van der Waals surface area contributed by atoms with Crippen molar-refractivity contribution in [2.24, 2.45) is 0 Å². The number of aromatic nitrogens is 4. The molecule has 3 rings (SSSR count). The minimum atomic E-state index is 0.615. The number of rotatable bonds is 2. The fraction of sp³-hybridized carbons (Fsp3) is 0.545. The number of nitrogens with zero attached hydrogens (tertiary/aromatic N) is 4. The Morgan fingerprint density at radius 1 is 1.31 bits per heavy atom. The van der Waals surface area contributed by atoms with Crippen LogP contribution in [0.5, 0.6) is 0 Å². The van der Waals surface area contributed by atoms with Gasteiger partial charge >= 0.3 is 0 Å². The van der Waals surface area contributed by atoms with E-state index in [2.05, 4.69) is 19.7 Å². The molecule has 0 amide bonds. The van der Waals surface area contributed by atoms with E-state index in [1.807, 2.05) is 6.33 Å². The van der Waals surface area contributed by atoms with Crippen LogP contribution < -0.4 is 0 Å². The van der Waals surface area contributed by atoms with E-state index in [1.165, 1.54) is 24.2 Å². The van der Waals surface area contributed by atoms with Crippen LogP contribution in [0, 0.1) is 6.92 Å². The van der Waals surface area contributed by atoms with Crippen molar-refractivity contribution in [2.75, 3.05) is 0 Å². The van der Waals surface area contributed by atoms with Gasteiger partial charge in [-0.2, -0.15) is 0 Å². The molecule has 2 aromatic rings. The zero-order valence-electron chi connectivity index (χ0n) is 9.31. The molecule has 1 aliphatic rings. The van der Waals surface area contributed by atoms with E-state index in [1.54, 1.807) is 6.92 Å². The summed E-state index contributed by atoms with van der Waals surface area (Å²) in [6, 6.07) is 0. The average Bonchev–Trinajstić information content (AvgIpc) is 2.87. The maximum atomic E-state index is 5.38. The molecule has 0 atom stereocenters. The van der Waals surface area contributed by atoms with Crippen LogP contribution in [0.3, 0.4) is 0 Å². The molecule has 0 unspecified atom stereocenters. The Labute approximate surface area is 93.5 Å². The van der Waals surface area contributed by atoms with Gasteiger partial charge in [0.25, 0.3) is 0 Å². The Morgan fingerprint density at radius 2 is 2.19 bits per heavy atom. The lowest BCUT2D eigenvalue weighted by atomic mass is 10.0. The molecule has 5 heteroatoms. The second kappa shape index (κ2) is 3.73. The molecule has 0 aromatic carbocycles. The van der Waals surface area contributed by atoms with Gasteiger partial charge in [-0.1, -0.05) is 0 Å². The highest BCUT2D eigenvalue weighted by Gasteiger charge is 2.16. The van der Waals surface area contributed by atoms with Crippen LogP contribution in [0.2, 0.25) is 0 Å². The van der Waals surface area contributed by atoms with Crippen molar-refractivity contribution in [3.8, 4) is 0 Å². The third-order valence-electron chi connectivity index (χ3n) is 2.98. The Balaban J connectivity index is 1.87. The first kappa shape index (κ1) is 9.57. The van der Waals surface area contributed by atoms with Crippen LogP contribution in [0.4, 0.5) is 0 Å². The minimum Gasteiger partial charge on any atom is -0.424 e. The van der Waals surface area contributed by atoms with Crippen molar-refractivity contribution >= 4 is 0 Å². The van der Waals surface area contributed by atoms with E-state index in [4.69, 9.17) is 4.42 Å². The van der Waals surface area contributed by atoms with Crippen molar-refractivity contribution < 1.29 is 4.42 Å². The lowest BCUT2D eigenvalue weighted by molar-refractivity contribution is 0.450. The first-order chi connectivity index (χ1) is 7.83. The van der Waals surface area contributed by atoms with Gasteiger partial charge in [-0.25, -0.2) is 4.98 Å². The monoisotopic (exact) mass is 218 g/mol.